The molecule has 0 bridgehead atoms. The minimum atomic E-state index is -0.999. The highest BCUT2D eigenvalue weighted by molar-refractivity contribution is 5.83. The summed E-state index contributed by atoms with van der Waals surface area (Å²) >= 11 is 0. The highest BCUT2D eigenvalue weighted by Crippen LogP contribution is 2.39. The molecule has 4 aliphatic rings. The molecule has 2 aromatic heterocycles. The summed E-state index contributed by atoms with van der Waals surface area (Å²) in [6, 6.07) is 0.105. The van der Waals surface area contributed by atoms with Crippen LogP contribution in [0.15, 0.2) is 12.7 Å². The summed E-state index contributed by atoms with van der Waals surface area (Å²) < 4.78 is 31.0. The zero-order valence-corrected chi connectivity index (χ0v) is 23.2. The van der Waals surface area contributed by atoms with Gasteiger partial charge in [-0.1, -0.05) is 25.7 Å². The highest BCUT2D eigenvalue weighted by Gasteiger charge is 2.52. The van der Waals surface area contributed by atoms with E-state index in [-0.39, 0.29) is 36.4 Å². The number of carbonyl (C=O) groups is 3. The second-order valence-corrected chi connectivity index (χ2v) is 11.4. The number of imidazole rings is 1. The Labute approximate surface area is 237 Å². The second kappa shape index (κ2) is 12.3. The minimum absolute atomic E-state index is 0.105. The average molecular weight is 572 g/mol. The van der Waals surface area contributed by atoms with Crippen LogP contribution in [0.3, 0.4) is 0 Å². The van der Waals surface area contributed by atoms with E-state index in [0.29, 0.717) is 30.2 Å². The SMILES string of the molecule is CC(=O)OC[C@H]1OC(n2cnc3c(NC4CCOC4)ncnc32)[C@H](OC(=O)C2CCCC2)[C@@H]1OC(=O)C1CCCC1. The number of anilines is 1. The molecule has 6 rings (SSSR count). The molecule has 41 heavy (non-hydrogen) atoms. The van der Waals surface area contributed by atoms with Crippen molar-refractivity contribution in [2.24, 2.45) is 11.8 Å². The van der Waals surface area contributed by atoms with Crippen molar-refractivity contribution >= 4 is 34.9 Å². The number of fused-ring (bicyclic) bond motifs is 1. The van der Waals surface area contributed by atoms with E-state index in [4.69, 9.17) is 23.7 Å². The lowest BCUT2D eigenvalue weighted by molar-refractivity contribution is -0.174. The number of hydrogen-bond acceptors (Lipinski definition) is 12. The predicted octanol–water partition coefficient (Wildman–Crippen LogP) is 2.69. The third-order valence-electron chi connectivity index (χ3n) is 8.52. The van der Waals surface area contributed by atoms with Gasteiger partial charge in [-0.3, -0.25) is 19.0 Å². The molecule has 2 aromatic rings. The maximum atomic E-state index is 13.3. The fraction of sp³-hybridized carbons (Fsp3) is 0.714. The van der Waals surface area contributed by atoms with E-state index >= 15 is 0 Å². The van der Waals surface area contributed by atoms with Crippen LogP contribution in [-0.2, 0) is 38.1 Å². The topological polar surface area (TPSA) is 153 Å². The van der Waals surface area contributed by atoms with Gasteiger partial charge in [0.05, 0.1) is 30.8 Å². The first-order valence-corrected chi connectivity index (χ1v) is 14.7. The van der Waals surface area contributed by atoms with Crippen LogP contribution in [0.5, 0.6) is 0 Å². The van der Waals surface area contributed by atoms with Gasteiger partial charge in [-0.25, -0.2) is 15.0 Å². The summed E-state index contributed by atoms with van der Waals surface area (Å²) in [5.41, 5.74) is 0.981. The van der Waals surface area contributed by atoms with Gasteiger partial charge in [0.15, 0.2) is 35.4 Å². The maximum absolute atomic E-state index is 13.3. The van der Waals surface area contributed by atoms with Gasteiger partial charge >= 0.3 is 17.9 Å². The molecule has 4 fully saturated rings. The Morgan fingerprint density at radius 1 is 0.951 bits per heavy atom. The quantitative estimate of drug-likeness (QED) is 0.348. The first kappa shape index (κ1) is 27.8. The average Bonchev–Trinajstić information content (AvgIpc) is 3.79. The van der Waals surface area contributed by atoms with Gasteiger partial charge in [0, 0.05) is 13.5 Å². The summed E-state index contributed by atoms with van der Waals surface area (Å²) in [6.07, 6.45) is 6.93. The van der Waals surface area contributed by atoms with Crippen LogP contribution in [-0.4, -0.2) is 81.6 Å². The van der Waals surface area contributed by atoms with Crippen molar-refractivity contribution < 1.29 is 38.1 Å². The van der Waals surface area contributed by atoms with Crippen molar-refractivity contribution in [3.8, 4) is 0 Å². The molecular weight excluding hydrogens is 534 g/mol. The van der Waals surface area contributed by atoms with Gasteiger partial charge in [0.1, 0.15) is 19.0 Å². The van der Waals surface area contributed by atoms with E-state index in [1.54, 1.807) is 10.9 Å². The summed E-state index contributed by atoms with van der Waals surface area (Å²) in [4.78, 5) is 51.6. The molecule has 222 valence electrons. The van der Waals surface area contributed by atoms with Gasteiger partial charge in [0.2, 0.25) is 0 Å². The standard InChI is InChI=1S/C28H37N5O8/c1-16(34)38-13-20-22(40-27(35)17-6-2-3-7-17)23(41-28(36)18-8-4-5-9-18)26(39-20)33-15-31-21-24(29-14-30-25(21)33)32-19-10-11-37-12-19/h14-15,17-20,22-23,26H,2-13H2,1H3,(H,29,30,32)/t19?,20-,22-,23-,26?/m1/s1. The fourth-order valence-electron chi connectivity index (χ4n) is 6.30. The van der Waals surface area contributed by atoms with Gasteiger partial charge in [-0.2, -0.15) is 0 Å². The molecule has 5 atom stereocenters. The molecule has 2 saturated carbocycles. The fourth-order valence-corrected chi connectivity index (χ4v) is 6.30. The Kier molecular flexibility index (Phi) is 8.33. The van der Waals surface area contributed by atoms with Crippen molar-refractivity contribution in [1.29, 1.82) is 0 Å². The van der Waals surface area contributed by atoms with Crippen molar-refractivity contribution in [2.75, 3.05) is 25.1 Å². The number of hydrogen-bond donors (Lipinski definition) is 1. The highest BCUT2D eigenvalue weighted by atomic mass is 16.7. The first-order valence-electron chi connectivity index (χ1n) is 14.7. The van der Waals surface area contributed by atoms with Crippen molar-refractivity contribution in [3.05, 3.63) is 12.7 Å². The third-order valence-corrected chi connectivity index (χ3v) is 8.52. The van der Waals surface area contributed by atoms with E-state index < -0.39 is 30.5 Å². The van der Waals surface area contributed by atoms with Crippen LogP contribution in [0.4, 0.5) is 5.82 Å². The maximum Gasteiger partial charge on any atom is 0.309 e. The minimum Gasteiger partial charge on any atom is -0.463 e. The van der Waals surface area contributed by atoms with Crippen LogP contribution in [0.2, 0.25) is 0 Å². The van der Waals surface area contributed by atoms with E-state index in [1.807, 2.05) is 0 Å². The number of nitrogens with one attached hydrogen (secondary N) is 1. The lowest BCUT2D eigenvalue weighted by Gasteiger charge is -2.26. The Morgan fingerprint density at radius 2 is 1.63 bits per heavy atom. The zero-order chi connectivity index (χ0) is 28.3. The number of nitrogens with zero attached hydrogens (tertiary/aromatic N) is 4. The monoisotopic (exact) mass is 571 g/mol. The summed E-state index contributed by atoms with van der Waals surface area (Å²) in [5.74, 6) is -1.08. The number of rotatable bonds is 9. The number of carbonyl (C=O) groups excluding carboxylic acids is 3. The molecule has 2 unspecified atom stereocenters. The van der Waals surface area contributed by atoms with Gasteiger partial charge in [0.25, 0.3) is 0 Å². The molecule has 2 aliphatic carbocycles. The molecule has 0 amide bonds. The molecule has 0 aromatic carbocycles. The van der Waals surface area contributed by atoms with Crippen molar-refractivity contribution in [2.45, 2.75) is 95.3 Å². The van der Waals surface area contributed by atoms with E-state index in [1.165, 1.54) is 13.3 Å². The van der Waals surface area contributed by atoms with E-state index in [9.17, 15) is 14.4 Å². The third kappa shape index (κ3) is 6.01. The van der Waals surface area contributed by atoms with E-state index in [0.717, 1.165) is 57.8 Å². The Balaban J connectivity index is 1.33. The molecular formula is C28H37N5O8. The summed E-state index contributed by atoms with van der Waals surface area (Å²) in [5, 5.41) is 3.37. The molecule has 2 saturated heterocycles. The predicted molar refractivity (Wildman–Crippen MR) is 142 cm³/mol. The lowest BCUT2D eigenvalue weighted by atomic mass is 10.1. The summed E-state index contributed by atoms with van der Waals surface area (Å²) in [6.45, 7) is 2.38. The van der Waals surface area contributed by atoms with Gasteiger partial charge in [-0.05, 0) is 32.1 Å². The van der Waals surface area contributed by atoms with Crippen LogP contribution >= 0.6 is 0 Å². The Bertz CT molecular complexity index is 1250. The van der Waals surface area contributed by atoms with Crippen molar-refractivity contribution in [1.82, 2.24) is 19.5 Å². The van der Waals surface area contributed by atoms with Crippen molar-refractivity contribution in [3.63, 3.8) is 0 Å². The summed E-state index contributed by atoms with van der Waals surface area (Å²) in [7, 11) is 0. The van der Waals surface area contributed by atoms with Crippen LogP contribution < -0.4 is 5.32 Å². The molecule has 0 spiro atoms. The normalized spacial score (nSPS) is 28.8. The molecule has 13 heteroatoms. The first-order chi connectivity index (χ1) is 20.0. The number of esters is 3. The van der Waals surface area contributed by atoms with Gasteiger partial charge in [-0.15, -0.1) is 0 Å². The Hall–Kier alpha value is -3.32. The number of ether oxygens (including phenoxy) is 5. The second-order valence-electron chi connectivity index (χ2n) is 11.4. The van der Waals surface area contributed by atoms with Crippen LogP contribution in [0, 0.1) is 11.8 Å². The largest absolute Gasteiger partial charge is 0.463 e. The zero-order valence-electron chi connectivity index (χ0n) is 23.2. The Morgan fingerprint density at radius 3 is 2.27 bits per heavy atom. The molecule has 0 radical (unpaired) electrons. The van der Waals surface area contributed by atoms with Crippen LogP contribution in [0.1, 0.15) is 70.9 Å². The molecule has 13 nitrogen and oxygen atoms in total. The smallest absolute Gasteiger partial charge is 0.309 e. The molecule has 4 heterocycles. The number of aromatic nitrogens is 4. The molecule has 1 N–H and O–H groups in total. The lowest BCUT2D eigenvalue weighted by Crippen LogP contribution is -2.42. The van der Waals surface area contributed by atoms with Gasteiger partial charge < -0.3 is 29.0 Å². The van der Waals surface area contributed by atoms with E-state index in [2.05, 4.69) is 20.3 Å². The van der Waals surface area contributed by atoms with Crippen LogP contribution in [0.25, 0.3) is 11.2 Å². The molecule has 2 aliphatic heterocycles.